The van der Waals surface area contributed by atoms with Gasteiger partial charge in [0.2, 0.25) is 10.0 Å². The summed E-state index contributed by atoms with van der Waals surface area (Å²) in [6.07, 6.45) is 1.54. The average molecular weight is 465 g/mol. The zero-order valence-electron chi connectivity index (χ0n) is 15.5. The van der Waals surface area contributed by atoms with Crippen molar-refractivity contribution in [3.05, 3.63) is 63.0 Å². The van der Waals surface area contributed by atoms with Gasteiger partial charge in [-0.15, -0.1) is 22.7 Å². The lowest BCUT2D eigenvalue weighted by atomic mass is 10.3. The number of nitro benzene ring substituents is 1. The van der Waals surface area contributed by atoms with Gasteiger partial charge in [-0.3, -0.25) is 14.9 Å². The van der Waals surface area contributed by atoms with Crippen LogP contribution in [0, 0.1) is 10.1 Å². The molecule has 2 aromatic heterocycles. The standard InChI is InChI=1S/C18H16N4O5S3/c23-18(15-12-19-17(29-15)14-5-3-11-28-14)20-7-9-21(10-8-20)30(26,27)16-6-2-1-4-13(16)22(24)25/h1-6,11-12H,7-10H2. The van der Waals surface area contributed by atoms with Gasteiger partial charge in [0.15, 0.2) is 4.90 Å². The van der Waals surface area contributed by atoms with E-state index in [1.54, 1.807) is 22.4 Å². The third-order valence-electron chi connectivity index (χ3n) is 4.65. The molecule has 1 aliphatic heterocycles. The number of carbonyl (C=O) groups excluding carboxylic acids is 1. The van der Waals surface area contributed by atoms with Gasteiger partial charge in [0.05, 0.1) is 16.0 Å². The van der Waals surface area contributed by atoms with Crippen molar-refractivity contribution in [2.45, 2.75) is 4.90 Å². The number of piperazine rings is 1. The molecule has 0 saturated carbocycles. The highest BCUT2D eigenvalue weighted by molar-refractivity contribution is 7.89. The van der Waals surface area contributed by atoms with Crippen molar-refractivity contribution in [2.24, 2.45) is 0 Å². The van der Waals surface area contributed by atoms with Gasteiger partial charge in [-0.1, -0.05) is 18.2 Å². The number of aromatic nitrogens is 1. The van der Waals surface area contributed by atoms with E-state index in [2.05, 4.69) is 4.98 Å². The second-order valence-corrected chi connectivity index (χ2v) is 10.3. The number of para-hydroxylation sites is 1. The first kappa shape index (κ1) is 20.6. The Kier molecular flexibility index (Phi) is 5.64. The highest BCUT2D eigenvalue weighted by atomic mass is 32.2. The number of nitro groups is 1. The number of hydrogen-bond donors (Lipinski definition) is 0. The Hall–Kier alpha value is -2.67. The van der Waals surface area contributed by atoms with Gasteiger partial charge in [-0.2, -0.15) is 4.31 Å². The van der Waals surface area contributed by atoms with Crippen molar-refractivity contribution in [3.63, 3.8) is 0 Å². The summed E-state index contributed by atoms with van der Waals surface area (Å²) in [5, 5.41) is 13.9. The van der Waals surface area contributed by atoms with E-state index >= 15 is 0 Å². The van der Waals surface area contributed by atoms with E-state index in [1.807, 2.05) is 17.5 Å². The third kappa shape index (κ3) is 3.86. The summed E-state index contributed by atoms with van der Waals surface area (Å²) < 4.78 is 27.0. The number of rotatable bonds is 5. The highest BCUT2D eigenvalue weighted by Gasteiger charge is 2.34. The molecular formula is C18H16N4O5S3. The molecule has 1 amide bonds. The maximum atomic E-state index is 12.9. The topological polar surface area (TPSA) is 114 Å². The Morgan fingerprint density at radius 2 is 1.83 bits per heavy atom. The minimum atomic E-state index is -4.03. The first-order valence-electron chi connectivity index (χ1n) is 8.90. The van der Waals surface area contributed by atoms with Crippen molar-refractivity contribution in [1.29, 1.82) is 0 Å². The second kappa shape index (κ2) is 8.22. The molecule has 0 radical (unpaired) electrons. The Bertz CT molecular complexity index is 1180. The van der Waals surface area contributed by atoms with E-state index in [4.69, 9.17) is 0 Å². The molecule has 12 heteroatoms. The summed E-state index contributed by atoms with van der Waals surface area (Å²) >= 11 is 2.84. The largest absolute Gasteiger partial charge is 0.335 e. The van der Waals surface area contributed by atoms with Crippen molar-refractivity contribution < 1.29 is 18.1 Å². The van der Waals surface area contributed by atoms with Crippen LogP contribution in [0.2, 0.25) is 0 Å². The average Bonchev–Trinajstić information content (AvgIpc) is 3.45. The zero-order chi connectivity index (χ0) is 21.3. The molecule has 0 spiro atoms. The van der Waals surface area contributed by atoms with Crippen LogP contribution in [0.1, 0.15) is 9.67 Å². The lowest BCUT2D eigenvalue weighted by Gasteiger charge is -2.33. The molecule has 0 bridgehead atoms. The molecule has 1 saturated heterocycles. The Morgan fingerprint density at radius 1 is 1.10 bits per heavy atom. The van der Waals surface area contributed by atoms with Crippen LogP contribution in [0.5, 0.6) is 0 Å². The molecule has 0 N–H and O–H groups in total. The normalized spacial score (nSPS) is 15.3. The van der Waals surface area contributed by atoms with Crippen LogP contribution in [0.25, 0.3) is 9.88 Å². The number of sulfonamides is 1. The van der Waals surface area contributed by atoms with Crippen molar-refractivity contribution in [2.75, 3.05) is 26.2 Å². The molecule has 9 nitrogen and oxygen atoms in total. The van der Waals surface area contributed by atoms with Crippen LogP contribution in [-0.4, -0.2) is 59.6 Å². The molecule has 0 atom stereocenters. The Labute approximate surface area is 180 Å². The van der Waals surface area contributed by atoms with E-state index in [1.165, 1.54) is 39.9 Å². The van der Waals surface area contributed by atoms with Crippen LogP contribution in [0.4, 0.5) is 5.69 Å². The van der Waals surface area contributed by atoms with Crippen molar-refractivity contribution >= 4 is 44.3 Å². The number of thiazole rings is 1. The molecule has 1 fully saturated rings. The molecule has 3 aromatic rings. The lowest BCUT2D eigenvalue weighted by molar-refractivity contribution is -0.387. The van der Waals surface area contributed by atoms with Crippen LogP contribution in [-0.2, 0) is 10.0 Å². The quantitative estimate of drug-likeness (QED) is 0.424. The molecule has 1 aliphatic rings. The number of amides is 1. The predicted octanol–water partition coefficient (Wildman–Crippen LogP) is 2.93. The molecule has 0 unspecified atom stereocenters. The molecule has 0 aliphatic carbocycles. The predicted molar refractivity (Wildman–Crippen MR) is 113 cm³/mol. The van der Waals surface area contributed by atoms with E-state index in [0.717, 1.165) is 9.88 Å². The van der Waals surface area contributed by atoms with Gasteiger partial charge in [-0.25, -0.2) is 13.4 Å². The maximum Gasteiger partial charge on any atom is 0.289 e. The summed E-state index contributed by atoms with van der Waals surface area (Å²) in [4.78, 5) is 30.3. The Morgan fingerprint density at radius 3 is 2.50 bits per heavy atom. The monoisotopic (exact) mass is 464 g/mol. The second-order valence-electron chi connectivity index (χ2n) is 6.43. The Balaban J connectivity index is 1.46. The fourth-order valence-corrected chi connectivity index (χ4v) is 6.41. The summed E-state index contributed by atoms with van der Waals surface area (Å²) in [5.41, 5.74) is -0.457. The van der Waals surface area contributed by atoms with Crippen LogP contribution in [0.3, 0.4) is 0 Å². The first-order valence-corrected chi connectivity index (χ1v) is 12.0. The maximum absolute atomic E-state index is 12.9. The van der Waals surface area contributed by atoms with E-state index < -0.39 is 20.6 Å². The molecular weight excluding hydrogens is 448 g/mol. The highest BCUT2D eigenvalue weighted by Crippen LogP contribution is 2.30. The van der Waals surface area contributed by atoms with Gasteiger partial charge in [-0.05, 0) is 17.5 Å². The van der Waals surface area contributed by atoms with Gasteiger partial charge in [0.1, 0.15) is 9.88 Å². The lowest BCUT2D eigenvalue weighted by Crippen LogP contribution is -2.50. The van der Waals surface area contributed by atoms with Gasteiger partial charge >= 0.3 is 0 Å². The molecule has 30 heavy (non-hydrogen) atoms. The molecule has 3 heterocycles. The summed E-state index contributed by atoms with van der Waals surface area (Å²) in [7, 11) is -4.03. The number of benzene rings is 1. The fourth-order valence-electron chi connectivity index (χ4n) is 3.14. The first-order chi connectivity index (χ1) is 14.4. The van der Waals surface area contributed by atoms with E-state index in [9.17, 15) is 23.3 Å². The number of hydrogen-bond acceptors (Lipinski definition) is 8. The van der Waals surface area contributed by atoms with Crippen molar-refractivity contribution in [3.8, 4) is 9.88 Å². The summed E-state index contributed by atoms with van der Waals surface area (Å²) in [6.45, 7) is 0.531. The fraction of sp³-hybridized carbons (Fsp3) is 0.222. The zero-order valence-corrected chi connectivity index (χ0v) is 18.0. The minimum absolute atomic E-state index is 0.0662. The van der Waals surface area contributed by atoms with Crippen LogP contribution in [0.15, 0.2) is 52.9 Å². The van der Waals surface area contributed by atoms with E-state index in [0.29, 0.717) is 4.88 Å². The molecule has 1 aromatic carbocycles. The van der Waals surface area contributed by atoms with Crippen LogP contribution < -0.4 is 0 Å². The van der Waals surface area contributed by atoms with Crippen LogP contribution >= 0.6 is 22.7 Å². The molecule has 156 valence electrons. The van der Waals surface area contributed by atoms with Gasteiger partial charge < -0.3 is 4.90 Å². The third-order valence-corrected chi connectivity index (χ3v) is 8.62. The number of nitrogens with zero attached hydrogens (tertiary/aromatic N) is 4. The smallest absolute Gasteiger partial charge is 0.289 e. The summed E-state index contributed by atoms with van der Waals surface area (Å²) in [5.74, 6) is -0.196. The summed E-state index contributed by atoms with van der Waals surface area (Å²) in [6, 6.07) is 9.13. The van der Waals surface area contributed by atoms with E-state index in [-0.39, 0.29) is 37.0 Å². The number of thiophene rings is 1. The van der Waals surface area contributed by atoms with Gasteiger partial charge in [0.25, 0.3) is 11.6 Å². The van der Waals surface area contributed by atoms with Gasteiger partial charge in [0, 0.05) is 32.2 Å². The SMILES string of the molecule is O=C(c1cnc(-c2cccs2)s1)N1CCN(S(=O)(=O)c2ccccc2[N+](=O)[O-])CC1. The van der Waals surface area contributed by atoms with Crippen molar-refractivity contribution in [1.82, 2.24) is 14.2 Å². The number of carbonyl (C=O) groups is 1. The minimum Gasteiger partial charge on any atom is -0.335 e. The molecule has 4 rings (SSSR count).